The quantitative estimate of drug-likeness (QED) is 0.795. The van der Waals surface area contributed by atoms with Crippen LogP contribution in [-0.2, 0) is 4.79 Å². The lowest BCUT2D eigenvalue weighted by atomic mass is 9.75. The summed E-state index contributed by atoms with van der Waals surface area (Å²) in [7, 11) is 1.64. The van der Waals surface area contributed by atoms with Crippen molar-refractivity contribution in [2.24, 2.45) is 11.8 Å². The highest BCUT2D eigenvalue weighted by Crippen LogP contribution is 2.36. The van der Waals surface area contributed by atoms with Crippen LogP contribution in [0.25, 0.3) is 11.4 Å². The van der Waals surface area contributed by atoms with Gasteiger partial charge >= 0.3 is 0 Å². The Morgan fingerprint density at radius 1 is 1.22 bits per heavy atom. The zero-order valence-corrected chi connectivity index (χ0v) is 16.5. The summed E-state index contributed by atoms with van der Waals surface area (Å²) in [6.45, 7) is 1.85. The lowest BCUT2D eigenvalue weighted by Crippen LogP contribution is -2.45. The number of carbonyl (C=O) groups is 1. The molecule has 1 N–H and O–H groups in total. The highest BCUT2D eigenvalue weighted by Gasteiger charge is 2.32. The molecule has 1 aromatic heterocycles. The number of rotatable bonds is 5. The van der Waals surface area contributed by atoms with Gasteiger partial charge in [0.2, 0.25) is 11.1 Å². The molecule has 2 heterocycles. The minimum Gasteiger partial charge on any atom is -0.497 e. The van der Waals surface area contributed by atoms with Crippen molar-refractivity contribution in [1.82, 2.24) is 20.1 Å². The summed E-state index contributed by atoms with van der Waals surface area (Å²) in [4.78, 5) is 19.2. The van der Waals surface area contributed by atoms with Gasteiger partial charge in [0.25, 0.3) is 0 Å². The molecule has 2 fully saturated rings. The number of carbonyl (C=O) groups excluding carboxylic acids is 1. The van der Waals surface area contributed by atoms with Gasteiger partial charge in [-0.25, -0.2) is 4.98 Å². The Bertz CT molecular complexity index is 777. The number of fused-ring (bicyclic) bond motifs is 1. The van der Waals surface area contributed by atoms with E-state index >= 15 is 0 Å². The highest BCUT2D eigenvalue weighted by atomic mass is 32.2. The molecule has 2 aliphatic rings. The van der Waals surface area contributed by atoms with E-state index in [1.54, 1.807) is 7.11 Å². The standard InChI is InChI=1S/C20H26N4O2S/c1-26-17-8-6-15(7-9-17)19-21-20(23-22-19)27-13-18(25)24-11-10-14-4-2-3-5-16(14)12-24/h6-9,14,16H,2-5,10-13H2,1H3,(H,21,22,23)/t14-,16-/m1/s1. The number of nitrogens with zero attached hydrogens (tertiary/aromatic N) is 3. The van der Waals surface area contributed by atoms with Crippen LogP contribution in [0.3, 0.4) is 0 Å². The average molecular weight is 387 g/mol. The van der Waals surface area contributed by atoms with E-state index in [2.05, 4.69) is 20.1 Å². The molecule has 2 aromatic rings. The van der Waals surface area contributed by atoms with Crippen LogP contribution >= 0.6 is 11.8 Å². The number of aromatic amines is 1. The summed E-state index contributed by atoms with van der Waals surface area (Å²) in [5, 5.41) is 7.81. The largest absolute Gasteiger partial charge is 0.497 e. The average Bonchev–Trinajstić information content (AvgIpc) is 3.21. The molecular weight excluding hydrogens is 360 g/mol. The third-order valence-electron chi connectivity index (χ3n) is 5.80. The molecule has 4 rings (SSSR count). The van der Waals surface area contributed by atoms with E-state index in [1.807, 2.05) is 24.3 Å². The summed E-state index contributed by atoms with van der Waals surface area (Å²) >= 11 is 1.41. The summed E-state index contributed by atoms with van der Waals surface area (Å²) in [5.41, 5.74) is 0.945. The van der Waals surface area contributed by atoms with Gasteiger partial charge in [-0.05, 0) is 48.9 Å². The van der Waals surface area contributed by atoms with Gasteiger partial charge in [-0.15, -0.1) is 5.10 Å². The number of thioether (sulfide) groups is 1. The lowest BCUT2D eigenvalue weighted by molar-refractivity contribution is -0.131. The van der Waals surface area contributed by atoms with Crippen LogP contribution in [0.1, 0.15) is 32.1 Å². The van der Waals surface area contributed by atoms with E-state index in [1.165, 1.54) is 43.9 Å². The van der Waals surface area contributed by atoms with Crippen LogP contribution in [0, 0.1) is 11.8 Å². The number of H-pyrrole nitrogens is 1. The van der Waals surface area contributed by atoms with E-state index in [0.29, 0.717) is 22.7 Å². The van der Waals surface area contributed by atoms with Crippen molar-refractivity contribution in [1.29, 1.82) is 0 Å². The molecule has 0 spiro atoms. The smallest absolute Gasteiger partial charge is 0.233 e. The Hall–Kier alpha value is -2.02. The first-order chi connectivity index (χ1) is 13.2. The van der Waals surface area contributed by atoms with Gasteiger partial charge in [0.15, 0.2) is 5.82 Å². The molecule has 1 aromatic carbocycles. The number of amides is 1. The van der Waals surface area contributed by atoms with Crippen molar-refractivity contribution in [2.45, 2.75) is 37.3 Å². The first kappa shape index (κ1) is 18.3. The first-order valence-electron chi connectivity index (χ1n) is 9.70. The maximum absolute atomic E-state index is 12.6. The molecule has 0 unspecified atom stereocenters. The van der Waals surface area contributed by atoms with Gasteiger partial charge in [0, 0.05) is 18.7 Å². The molecule has 7 heteroatoms. The molecule has 1 saturated carbocycles. The summed E-state index contributed by atoms with van der Waals surface area (Å²) in [5.74, 6) is 3.68. The van der Waals surface area contributed by atoms with Crippen LogP contribution in [0.4, 0.5) is 0 Å². The predicted molar refractivity (Wildman–Crippen MR) is 106 cm³/mol. The maximum atomic E-state index is 12.6. The molecule has 1 aliphatic heterocycles. The Morgan fingerprint density at radius 3 is 2.78 bits per heavy atom. The zero-order valence-electron chi connectivity index (χ0n) is 15.7. The molecular formula is C20H26N4O2S. The van der Waals surface area contributed by atoms with E-state index in [-0.39, 0.29) is 5.91 Å². The molecule has 144 valence electrons. The van der Waals surface area contributed by atoms with Crippen molar-refractivity contribution in [3.63, 3.8) is 0 Å². The SMILES string of the molecule is COc1ccc(-c2nc(SCC(=O)N3CC[C@H]4CCCC[C@@H]4C3)n[nH]2)cc1. The Balaban J connectivity index is 1.31. The van der Waals surface area contributed by atoms with Crippen molar-refractivity contribution < 1.29 is 9.53 Å². The Labute approximate surface area is 164 Å². The number of methoxy groups -OCH3 is 1. The van der Waals surface area contributed by atoms with Crippen LogP contribution in [0.2, 0.25) is 0 Å². The first-order valence-corrected chi connectivity index (χ1v) is 10.7. The van der Waals surface area contributed by atoms with Gasteiger partial charge in [-0.3, -0.25) is 9.89 Å². The van der Waals surface area contributed by atoms with E-state index in [0.717, 1.165) is 30.3 Å². The molecule has 1 aliphatic carbocycles. The second-order valence-electron chi connectivity index (χ2n) is 7.42. The second-order valence-corrected chi connectivity index (χ2v) is 8.36. The molecule has 27 heavy (non-hydrogen) atoms. The predicted octanol–water partition coefficient (Wildman–Crippen LogP) is 3.61. The van der Waals surface area contributed by atoms with Crippen LogP contribution in [-0.4, -0.2) is 51.9 Å². The van der Waals surface area contributed by atoms with Crippen LogP contribution < -0.4 is 4.74 Å². The third-order valence-corrected chi connectivity index (χ3v) is 6.63. The fourth-order valence-electron chi connectivity index (χ4n) is 4.23. The van der Waals surface area contributed by atoms with E-state index in [9.17, 15) is 4.79 Å². The van der Waals surface area contributed by atoms with Gasteiger partial charge in [0.1, 0.15) is 5.75 Å². The van der Waals surface area contributed by atoms with Crippen molar-refractivity contribution in [3.05, 3.63) is 24.3 Å². The molecule has 2 atom stereocenters. The van der Waals surface area contributed by atoms with E-state index < -0.39 is 0 Å². The second kappa shape index (κ2) is 8.33. The van der Waals surface area contributed by atoms with E-state index in [4.69, 9.17) is 4.74 Å². The Morgan fingerprint density at radius 2 is 2.00 bits per heavy atom. The molecule has 6 nitrogen and oxygen atoms in total. The van der Waals surface area contributed by atoms with Gasteiger partial charge in [0.05, 0.1) is 12.9 Å². The maximum Gasteiger partial charge on any atom is 0.233 e. The van der Waals surface area contributed by atoms with Crippen molar-refractivity contribution in [2.75, 3.05) is 26.0 Å². The minimum atomic E-state index is 0.208. The van der Waals surface area contributed by atoms with Gasteiger partial charge < -0.3 is 9.64 Å². The summed E-state index contributed by atoms with van der Waals surface area (Å²) in [6.07, 6.45) is 6.50. The lowest BCUT2D eigenvalue weighted by Gasteiger charge is -2.41. The zero-order chi connectivity index (χ0) is 18.6. The molecule has 1 saturated heterocycles. The summed E-state index contributed by atoms with van der Waals surface area (Å²) < 4.78 is 5.17. The number of likely N-dealkylation sites (tertiary alicyclic amines) is 1. The number of piperidine rings is 1. The van der Waals surface area contributed by atoms with Crippen LogP contribution in [0.15, 0.2) is 29.4 Å². The normalized spacial score (nSPS) is 22.3. The molecule has 1 amide bonds. The highest BCUT2D eigenvalue weighted by molar-refractivity contribution is 7.99. The number of benzene rings is 1. The number of hydrogen-bond donors (Lipinski definition) is 1. The van der Waals surface area contributed by atoms with Crippen LogP contribution in [0.5, 0.6) is 5.75 Å². The Kier molecular flexibility index (Phi) is 5.66. The topological polar surface area (TPSA) is 71.1 Å². The molecule has 0 radical (unpaired) electrons. The monoisotopic (exact) mass is 386 g/mol. The third kappa shape index (κ3) is 4.29. The number of ether oxygens (including phenoxy) is 1. The van der Waals surface area contributed by atoms with Crippen molar-refractivity contribution in [3.8, 4) is 17.1 Å². The van der Waals surface area contributed by atoms with Gasteiger partial charge in [-0.2, -0.15) is 0 Å². The fourth-order valence-corrected chi connectivity index (χ4v) is 4.94. The molecule has 0 bridgehead atoms. The number of hydrogen-bond acceptors (Lipinski definition) is 5. The summed E-state index contributed by atoms with van der Waals surface area (Å²) in [6, 6.07) is 7.66. The minimum absolute atomic E-state index is 0.208. The number of aromatic nitrogens is 3. The van der Waals surface area contributed by atoms with Crippen molar-refractivity contribution >= 4 is 17.7 Å². The fraction of sp³-hybridized carbons (Fsp3) is 0.550. The van der Waals surface area contributed by atoms with Gasteiger partial charge in [-0.1, -0.05) is 31.0 Å². The number of nitrogens with one attached hydrogen (secondary N) is 1.